The molecule has 8 nitrogen and oxygen atoms in total. The molecule has 0 aliphatic rings. The molecular weight excluding hydrogens is 292 g/mol. The molecule has 0 unspecified atom stereocenters. The molecule has 0 saturated carbocycles. The summed E-state index contributed by atoms with van der Waals surface area (Å²) in [5.74, 6) is 2.11. The molecule has 0 saturated heterocycles. The third-order valence-corrected chi connectivity index (χ3v) is 3.44. The molecule has 1 N–H and O–H groups in total. The Balaban J connectivity index is 1.75. The van der Waals surface area contributed by atoms with Crippen LogP contribution in [-0.2, 0) is 6.54 Å². The summed E-state index contributed by atoms with van der Waals surface area (Å²) in [5, 5.41) is 12.8. The zero-order valence-corrected chi connectivity index (χ0v) is 12.5. The summed E-state index contributed by atoms with van der Waals surface area (Å²) in [6, 6.07) is 7.56. The molecule has 0 atom stereocenters. The topological polar surface area (TPSA) is 86.3 Å². The van der Waals surface area contributed by atoms with Crippen LogP contribution >= 0.6 is 0 Å². The first-order valence-electron chi connectivity index (χ1n) is 7.26. The molecule has 0 bridgehead atoms. The van der Waals surface area contributed by atoms with Gasteiger partial charge in [-0.2, -0.15) is 14.9 Å². The van der Waals surface area contributed by atoms with Gasteiger partial charge in [0.2, 0.25) is 0 Å². The summed E-state index contributed by atoms with van der Waals surface area (Å²) >= 11 is 0. The largest absolute Gasteiger partial charge is 0.323 e. The van der Waals surface area contributed by atoms with E-state index in [1.807, 2.05) is 42.1 Å². The highest BCUT2D eigenvalue weighted by Gasteiger charge is 2.12. The van der Waals surface area contributed by atoms with Crippen LogP contribution in [0, 0.1) is 0 Å². The van der Waals surface area contributed by atoms with E-state index in [0.29, 0.717) is 17.3 Å². The average Bonchev–Trinajstić information content (AvgIpc) is 3.23. The van der Waals surface area contributed by atoms with Gasteiger partial charge in [-0.1, -0.05) is 6.07 Å². The molecule has 4 aromatic rings. The third kappa shape index (κ3) is 2.39. The van der Waals surface area contributed by atoms with Crippen LogP contribution in [-0.4, -0.2) is 34.5 Å². The van der Waals surface area contributed by atoms with Crippen LogP contribution < -0.4 is 5.32 Å². The molecule has 4 rings (SSSR count). The van der Waals surface area contributed by atoms with Crippen molar-refractivity contribution in [1.29, 1.82) is 0 Å². The molecule has 4 aromatic heterocycles. The Labute approximate surface area is 131 Å². The maximum atomic E-state index is 4.40. The lowest BCUT2D eigenvalue weighted by Gasteiger charge is -2.04. The van der Waals surface area contributed by atoms with Gasteiger partial charge in [-0.3, -0.25) is 4.68 Å². The van der Waals surface area contributed by atoms with Crippen molar-refractivity contribution in [3.05, 3.63) is 49.2 Å². The Morgan fingerprint density at radius 3 is 2.87 bits per heavy atom. The summed E-state index contributed by atoms with van der Waals surface area (Å²) in [6.45, 7) is 2.86. The molecule has 8 heteroatoms. The minimum atomic E-state index is 0.665. The van der Waals surface area contributed by atoms with Crippen molar-refractivity contribution in [3.63, 3.8) is 0 Å². The predicted molar refractivity (Wildman–Crippen MR) is 85.6 cm³/mol. The van der Waals surface area contributed by atoms with Crippen molar-refractivity contribution in [2.75, 3.05) is 5.32 Å². The maximum absolute atomic E-state index is 4.40. The molecule has 114 valence electrons. The third-order valence-electron chi connectivity index (χ3n) is 3.44. The van der Waals surface area contributed by atoms with Crippen LogP contribution in [0.4, 0.5) is 11.6 Å². The van der Waals surface area contributed by atoms with Crippen molar-refractivity contribution < 1.29 is 0 Å². The number of rotatable bonds is 4. The van der Waals surface area contributed by atoms with E-state index in [4.69, 9.17) is 0 Å². The van der Waals surface area contributed by atoms with Gasteiger partial charge in [0.05, 0.1) is 11.6 Å². The molecule has 0 aliphatic carbocycles. The Hall–Kier alpha value is -3.29. The summed E-state index contributed by atoms with van der Waals surface area (Å²) in [7, 11) is 0. The molecule has 0 fully saturated rings. The fourth-order valence-electron chi connectivity index (χ4n) is 2.32. The number of pyridine rings is 1. The summed E-state index contributed by atoms with van der Waals surface area (Å²) < 4.78 is 3.53. The first kappa shape index (κ1) is 13.4. The number of fused-ring (bicyclic) bond motifs is 1. The fourth-order valence-corrected chi connectivity index (χ4v) is 2.32. The fraction of sp³-hybridized carbons (Fsp3) is 0.133. The zero-order chi connectivity index (χ0) is 15.6. The van der Waals surface area contributed by atoms with E-state index in [-0.39, 0.29) is 0 Å². The van der Waals surface area contributed by atoms with Gasteiger partial charge in [0.1, 0.15) is 12.1 Å². The van der Waals surface area contributed by atoms with Gasteiger partial charge < -0.3 is 5.32 Å². The van der Waals surface area contributed by atoms with E-state index in [1.54, 1.807) is 17.1 Å². The maximum Gasteiger partial charge on any atom is 0.170 e. The number of nitrogens with zero attached hydrogens (tertiary/aromatic N) is 7. The standard InChI is InChI=1S/C15H14N8/c1-2-22-8-6-12(21-22)20-14-11-9-19-23(15(11)18-10-17-14)13-5-3-4-7-16-13/h3-10H,2H2,1H3,(H,17,18,20,21). The Kier molecular flexibility index (Phi) is 3.19. The number of aromatic nitrogens is 7. The van der Waals surface area contributed by atoms with Gasteiger partial charge in [0, 0.05) is 25.0 Å². The van der Waals surface area contributed by atoms with E-state index in [9.17, 15) is 0 Å². The van der Waals surface area contributed by atoms with Crippen LogP contribution in [0.15, 0.2) is 49.2 Å². The second-order valence-corrected chi connectivity index (χ2v) is 4.89. The highest BCUT2D eigenvalue weighted by Crippen LogP contribution is 2.23. The van der Waals surface area contributed by atoms with E-state index in [2.05, 4.69) is 30.5 Å². The molecule has 0 radical (unpaired) electrons. The molecular formula is C15H14N8. The minimum Gasteiger partial charge on any atom is -0.323 e. The summed E-state index contributed by atoms with van der Waals surface area (Å²) in [4.78, 5) is 12.9. The monoisotopic (exact) mass is 306 g/mol. The number of hydrogen-bond donors (Lipinski definition) is 1. The summed E-state index contributed by atoms with van der Waals surface area (Å²) in [5.41, 5.74) is 0.691. The molecule has 0 spiro atoms. The Morgan fingerprint density at radius 1 is 1.13 bits per heavy atom. The van der Waals surface area contributed by atoms with Crippen LogP contribution in [0.3, 0.4) is 0 Å². The zero-order valence-electron chi connectivity index (χ0n) is 12.5. The molecule has 0 amide bonds. The number of aryl methyl sites for hydroxylation is 1. The second kappa shape index (κ2) is 5.48. The molecule has 0 aromatic carbocycles. The van der Waals surface area contributed by atoms with Crippen molar-refractivity contribution in [2.24, 2.45) is 0 Å². The second-order valence-electron chi connectivity index (χ2n) is 4.89. The van der Waals surface area contributed by atoms with Crippen LogP contribution in [0.2, 0.25) is 0 Å². The minimum absolute atomic E-state index is 0.665. The van der Waals surface area contributed by atoms with Gasteiger partial charge >= 0.3 is 0 Å². The van der Waals surface area contributed by atoms with Crippen molar-refractivity contribution >= 4 is 22.7 Å². The van der Waals surface area contributed by atoms with Crippen LogP contribution in [0.25, 0.3) is 16.9 Å². The Bertz CT molecular complexity index is 940. The smallest absolute Gasteiger partial charge is 0.170 e. The molecule has 0 aliphatic heterocycles. The highest BCUT2D eigenvalue weighted by molar-refractivity contribution is 5.88. The number of anilines is 2. The number of nitrogens with one attached hydrogen (secondary N) is 1. The first-order chi connectivity index (χ1) is 11.3. The van der Waals surface area contributed by atoms with Crippen LogP contribution in [0.1, 0.15) is 6.92 Å². The lowest BCUT2D eigenvalue weighted by Crippen LogP contribution is -2.01. The van der Waals surface area contributed by atoms with E-state index in [0.717, 1.165) is 17.7 Å². The quantitative estimate of drug-likeness (QED) is 0.622. The van der Waals surface area contributed by atoms with Crippen molar-refractivity contribution in [1.82, 2.24) is 34.5 Å². The van der Waals surface area contributed by atoms with E-state index < -0.39 is 0 Å². The van der Waals surface area contributed by atoms with E-state index in [1.165, 1.54) is 6.33 Å². The van der Waals surface area contributed by atoms with Gasteiger partial charge in [0.15, 0.2) is 17.3 Å². The highest BCUT2D eigenvalue weighted by atomic mass is 15.3. The van der Waals surface area contributed by atoms with Crippen molar-refractivity contribution in [2.45, 2.75) is 13.5 Å². The normalized spacial score (nSPS) is 11.0. The van der Waals surface area contributed by atoms with Gasteiger partial charge in [-0.05, 0) is 19.1 Å². The molecule has 23 heavy (non-hydrogen) atoms. The van der Waals surface area contributed by atoms with E-state index >= 15 is 0 Å². The summed E-state index contributed by atoms with van der Waals surface area (Å²) in [6.07, 6.45) is 6.87. The number of hydrogen-bond acceptors (Lipinski definition) is 6. The predicted octanol–water partition coefficient (Wildman–Crippen LogP) is 2.17. The Morgan fingerprint density at radius 2 is 2.09 bits per heavy atom. The van der Waals surface area contributed by atoms with Gasteiger partial charge in [-0.25, -0.2) is 15.0 Å². The van der Waals surface area contributed by atoms with Gasteiger partial charge in [-0.15, -0.1) is 0 Å². The van der Waals surface area contributed by atoms with Gasteiger partial charge in [0.25, 0.3) is 0 Å². The average molecular weight is 306 g/mol. The first-order valence-corrected chi connectivity index (χ1v) is 7.26. The lowest BCUT2D eigenvalue weighted by atomic mass is 10.4. The SMILES string of the molecule is CCn1ccc(Nc2ncnc3c2cnn3-c2ccccn2)n1. The lowest BCUT2D eigenvalue weighted by molar-refractivity contribution is 0.662. The van der Waals surface area contributed by atoms with Crippen molar-refractivity contribution in [3.8, 4) is 5.82 Å². The molecule has 4 heterocycles. The van der Waals surface area contributed by atoms with Crippen LogP contribution in [0.5, 0.6) is 0 Å².